The number of carbonyl (C=O) groups is 2. The minimum atomic E-state index is -0.652. The molecule has 0 bridgehead atoms. The Kier molecular flexibility index (Phi) is 6.81. The van der Waals surface area contributed by atoms with Crippen molar-refractivity contribution < 1.29 is 14.3 Å². The van der Waals surface area contributed by atoms with Crippen LogP contribution in [0.4, 0.5) is 4.79 Å². The van der Waals surface area contributed by atoms with E-state index in [9.17, 15) is 9.59 Å². The maximum atomic E-state index is 12.1. The van der Waals surface area contributed by atoms with Crippen LogP contribution in [0.2, 0.25) is 0 Å². The number of nitrogens with zero attached hydrogens (tertiary/aromatic N) is 2. The van der Waals surface area contributed by atoms with Crippen molar-refractivity contribution in [1.29, 1.82) is 0 Å². The summed E-state index contributed by atoms with van der Waals surface area (Å²) in [6.07, 6.45) is -0.596. The molecule has 0 saturated carbocycles. The molecule has 2 atom stereocenters. The molecule has 0 spiro atoms. The van der Waals surface area contributed by atoms with Gasteiger partial charge < -0.3 is 15.4 Å². The van der Waals surface area contributed by atoms with Gasteiger partial charge in [-0.2, -0.15) is 5.10 Å². The molecule has 0 radical (unpaired) electrons. The zero-order valence-electron chi connectivity index (χ0n) is 15.8. The lowest BCUT2D eigenvalue weighted by molar-refractivity contribution is -0.123. The monoisotopic (exact) mass is 338 g/mol. The van der Waals surface area contributed by atoms with Crippen molar-refractivity contribution in [2.24, 2.45) is 5.92 Å². The van der Waals surface area contributed by atoms with Crippen molar-refractivity contribution in [3.8, 4) is 0 Å². The number of ether oxygens (including phenoxy) is 1. The fourth-order valence-electron chi connectivity index (χ4n) is 2.20. The highest BCUT2D eigenvalue weighted by Crippen LogP contribution is 2.07. The molecule has 2 N–H and O–H groups in total. The van der Waals surface area contributed by atoms with E-state index in [1.165, 1.54) is 0 Å². The summed E-state index contributed by atoms with van der Waals surface area (Å²) in [5.74, 6) is -0.0123. The smallest absolute Gasteiger partial charge is 0.408 e. The Morgan fingerprint density at radius 2 is 1.92 bits per heavy atom. The van der Waals surface area contributed by atoms with Crippen LogP contribution in [0.25, 0.3) is 0 Å². The lowest BCUT2D eigenvalue weighted by Crippen LogP contribution is -2.47. The van der Waals surface area contributed by atoms with Crippen LogP contribution in [0.15, 0.2) is 6.07 Å². The van der Waals surface area contributed by atoms with Crippen LogP contribution >= 0.6 is 0 Å². The molecule has 0 aliphatic rings. The van der Waals surface area contributed by atoms with Crippen molar-refractivity contribution in [2.75, 3.05) is 6.54 Å². The van der Waals surface area contributed by atoms with E-state index in [-0.39, 0.29) is 11.8 Å². The maximum Gasteiger partial charge on any atom is 0.408 e. The summed E-state index contributed by atoms with van der Waals surface area (Å²) in [4.78, 5) is 23.7. The Bertz CT molecular complexity index is 575. The van der Waals surface area contributed by atoms with E-state index in [0.29, 0.717) is 6.54 Å². The van der Waals surface area contributed by atoms with Crippen LogP contribution in [-0.2, 0) is 16.1 Å². The van der Waals surface area contributed by atoms with Crippen molar-refractivity contribution in [3.05, 3.63) is 17.5 Å². The van der Waals surface area contributed by atoms with E-state index < -0.39 is 17.7 Å². The largest absolute Gasteiger partial charge is 0.444 e. The summed E-state index contributed by atoms with van der Waals surface area (Å²) < 4.78 is 7.08. The molecule has 1 rings (SSSR count). The van der Waals surface area contributed by atoms with Crippen LogP contribution in [0, 0.1) is 19.8 Å². The zero-order chi connectivity index (χ0) is 18.5. The third-order valence-corrected chi connectivity index (χ3v) is 3.34. The van der Waals surface area contributed by atoms with Crippen LogP contribution in [-0.4, -0.2) is 40.0 Å². The first-order valence-corrected chi connectivity index (χ1v) is 8.26. The van der Waals surface area contributed by atoms with Crippen molar-refractivity contribution >= 4 is 12.0 Å². The molecule has 7 heteroatoms. The minimum Gasteiger partial charge on any atom is -0.444 e. The summed E-state index contributed by atoms with van der Waals surface area (Å²) in [6, 6.07) is 1.37. The first-order valence-electron chi connectivity index (χ1n) is 8.26. The third-order valence-electron chi connectivity index (χ3n) is 3.34. The molecule has 1 aromatic heterocycles. The van der Waals surface area contributed by atoms with Crippen molar-refractivity contribution in [3.63, 3.8) is 0 Å². The molecular formula is C17H30N4O3. The summed E-state index contributed by atoms with van der Waals surface area (Å²) in [6.45, 7) is 14.2. The van der Waals surface area contributed by atoms with Gasteiger partial charge in [0.05, 0.1) is 5.69 Å². The Balaban J connectivity index is 2.39. The molecule has 0 aromatic carbocycles. The first kappa shape index (κ1) is 20.0. The van der Waals surface area contributed by atoms with Gasteiger partial charge in [-0.05, 0) is 53.5 Å². The number of rotatable bonds is 6. The summed E-state index contributed by atoms with van der Waals surface area (Å²) in [7, 11) is 0. The van der Waals surface area contributed by atoms with Gasteiger partial charge in [0.1, 0.15) is 11.6 Å². The minimum absolute atomic E-state index is 0.223. The number of aryl methyl sites for hydroxylation is 2. The Labute approximate surface area is 144 Å². The molecule has 0 fully saturated rings. The van der Waals surface area contributed by atoms with Crippen LogP contribution in [0.5, 0.6) is 0 Å². The van der Waals surface area contributed by atoms with Gasteiger partial charge in [0.25, 0.3) is 0 Å². The normalized spacial score (nSPS) is 14.0. The number of hydrogen-bond donors (Lipinski definition) is 2. The van der Waals surface area contributed by atoms with E-state index in [2.05, 4.69) is 15.7 Å². The van der Waals surface area contributed by atoms with Gasteiger partial charge in [-0.3, -0.25) is 9.48 Å². The standard InChI is InChI=1S/C17H30N4O3/c1-11(10-21-13(3)8-12(2)20-21)9-18-15(22)14(4)19-16(23)24-17(5,6)7/h8,11,14H,9-10H2,1-7H3,(H,18,22)(H,19,23)/t11-,14+/m0/s1. The highest BCUT2D eigenvalue weighted by atomic mass is 16.6. The van der Waals surface area contributed by atoms with Crippen molar-refractivity contribution in [2.45, 2.75) is 66.7 Å². The molecule has 24 heavy (non-hydrogen) atoms. The van der Waals surface area contributed by atoms with E-state index in [4.69, 9.17) is 4.74 Å². The zero-order valence-corrected chi connectivity index (χ0v) is 15.8. The van der Waals surface area contributed by atoms with Crippen LogP contribution < -0.4 is 10.6 Å². The lowest BCUT2D eigenvalue weighted by atomic mass is 10.1. The molecule has 0 aliphatic carbocycles. The van der Waals surface area contributed by atoms with E-state index in [1.807, 2.05) is 31.5 Å². The SMILES string of the molecule is Cc1cc(C)n(C[C@@H](C)CNC(=O)[C@@H](C)NC(=O)OC(C)(C)C)n1. The van der Waals surface area contributed by atoms with Crippen molar-refractivity contribution in [1.82, 2.24) is 20.4 Å². The topological polar surface area (TPSA) is 85.2 Å². The average Bonchev–Trinajstić information content (AvgIpc) is 2.71. The second kappa shape index (κ2) is 8.17. The van der Waals surface area contributed by atoms with Gasteiger partial charge >= 0.3 is 6.09 Å². The molecule has 1 heterocycles. The van der Waals surface area contributed by atoms with Gasteiger partial charge in [-0.25, -0.2) is 4.79 Å². The summed E-state index contributed by atoms with van der Waals surface area (Å²) >= 11 is 0. The number of carbonyl (C=O) groups excluding carboxylic acids is 2. The number of amides is 2. The predicted octanol–water partition coefficient (Wildman–Crippen LogP) is 2.17. The summed E-state index contributed by atoms with van der Waals surface area (Å²) in [5, 5.41) is 9.79. The Hall–Kier alpha value is -2.05. The number of aromatic nitrogens is 2. The number of hydrogen-bond acceptors (Lipinski definition) is 4. The molecule has 2 amide bonds. The van der Waals surface area contributed by atoms with Gasteiger partial charge in [0.15, 0.2) is 0 Å². The maximum absolute atomic E-state index is 12.1. The second-order valence-electron chi connectivity index (χ2n) is 7.33. The van der Waals surface area contributed by atoms with Gasteiger partial charge in [0, 0.05) is 18.8 Å². The van der Waals surface area contributed by atoms with E-state index in [0.717, 1.165) is 17.9 Å². The van der Waals surface area contributed by atoms with Gasteiger partial charge in [0.2, 0.25) is 5.91 Å². The van der Waals surface area contributed by atoms with Gasteiger partial charge in [-0.1, -0.05) is 6.92 Å². The fraction of sp³-hybridized carbons (Fsp3) is 0.706. The van der Waals surface area contributed by atoms with E-state index >= 15 is 0 Å². The summed E-state index contributed by atoms with van der Waals surface area (Å²) in [5.41, 5.74) is 1.50. The third kappa shape index (κ3) is 7.02. The fourth-order valence-corrected chi connectivity index (χ4v) is 2.20. The van der Waals surface area contributed by atoms with Gasteiger partial charge in [-0.15, -0.1) is 0 Å². The molecule has 0 aliphatic heterocycles. The molecule has 1 aromatic rings. The second-order valence-corrected chi connectivity index (χ2v) is 7.33. The van der Waals surface area contributed by atoms with Crippen LogP contribution in [0.3, 0.4) is 0 Å². The number of nitrogens with one attached hydrogen (secondary N) is 2. The predicted molar refractivity (Wildman–Crippen MR) is 92.7 cm³/mol. The number of alkyl carbamates (subject to hydrolysis) is 1. The first-order chi connectivity index (χ1) is 11.0. The average molecular weight is 338 g/mol. The lowest BCUT2D eigenvalue weighted by Gasteiger charge is -2.22. The molecule has 0 unspecified atom stereocenters. The highest BCUT2D eigenvalue weighted by Gasteiger charge is 2.21. The Morgan fingerprint density at radius 3 is 2.42 bits per heavy atom. The molecule has 0 saturated heterocycles. The molecular weight excluding hydrogens is 308 g/mol. The quantitative estimate of drug-likeness (QED) is 0.832. The van der Waals surface area contributed by atoms with Crippen LogP contribution in [0.1, 0.15) is 46.0 Å². The van der Waals surface area contributed by atoms with E-state index in [1.54, 1.807) is 27.7 Å². The Morgan fingerprint density at radius 1 is 1.29 bits per heavy atom. The highest BCUT2D eigenvalue weighted by molar-refractivity contribution is 5.85. The molecule has 136 valence electrons. The molecule has 7 nitrogen and oxygen atoms in total.